The van der Waals surface area contributed by atoms with Crippen molar-refractivity contribution in [2.45, 2.75) is 50.2 Å². The van der Waals surface area contributed by atoms with Crippen LogP contribution in [0.1, 0.15) is 39.0 Å². The van der Waals surface area contributed by atoms with Crippen molar-refractivity contribution in [3.05, 3.63) is 12.2 Å². The summed E-state index contributed by atoms with van der Waals surface area (Å²) in [6.07, 6.45) is 8.19. The molecule has 0 spiro atoms. The number of ether oxygens (including phenoxy) is 1. The third-order valence-electron chi connectivity index (χ3n) is 5.42. The summed E-state index contributed by atoms with van der Waals surface area (Å²) in [5.41, 5.74) is -1.93. The second kappa shape index (κ2) is 5.21. The predicted molar refractivity (Wildman–Crippen MR) is 76.5 cm³/mol. The van der Waals surface area contributed by atoms with Crippen molar-refractivity contribution in [1.29, 1.82) is 0 Å². The molecule has 2 aliphatic heterocycles. The number of hydrogen-bond donors (Lipinski definition) is 2. The first-order valence-electron chi connectivity index (χ1n) is 7.86. The molecule has 0 unspecified atom stereocenters. The monoisotopic (exact) mass is 293 g/mol. The van der Waals surface area contributed by atoms with E-state index in [4.69, 9.17) is 9.84 Å². The van der Waals surface area contributed by atoms with E-state index in [9.17, 15) is 9.59 Å². The topological polar surface area (TPSA) is 75.6 Å². The van der Waals surface area contributed by atoms with Crippen molar-refractivity contribution >= 4 is 11.8 Å². The van der Waals surface area contributed by atoms with Crippen LogP contribution in [0.3, 0.4) is 0 Å². The molecular weight excluding hydrogens is 270 g/mol. The molecule has 1 aliphatic carbocycles. The van der Waals surface area contributed by atoms with Gasteiger partial charge in [0.2, 0.25) is 5.54 Å². The van der Waals surface area contributed by atoms with Crippen LogP contribution in [-0.2, 0) is 14.3 Å². The van der Waals surface area contributed by atoms with Gasteiger partial charge in [0.1, 0.15) is 5.60 Å². The molecule has 4 atom stereocenters. The molecule has 2 fully saturated rings. The molecule has 5 heteroatoms. The third-order valence-corrected chi connectivity index (χ3v) is 5.42. The Morgan fingerprint density at radius 2 is 2.38 bits per heavy atom. The van der Waals surface area contributed by atoms with Crippen LogP contribution in [0, 0.1) is 11.8 Å². The fraction of sp³-hybridized carbons (Fsp3) is 0.750. The molecule has 0 saturated carbocycles. The SMILES string of the molecule is C[C@@]12OC(=O)[C@]1(C(=O)[C@@H]1C=CCCC1)NC[C@@H]2CCCO. The fourth-order valence-electron chi connectivity index (χ4n) is 4.07. The van der Waals surface area contributed by atoms with Gasteiger partial charge in [-0.15, -0.1) is 0 Å². The van der Waals surface area contributed by atoms with E-state index >= 15 is 0 Å². The van der Waals surface area contributed by atoms with Gasteiger partial charge in [0.05, 0.1) is 0 Å². The number of nitrogens with one attached hydrogen (secondary N) is 1. The molecule has 21 heavy (non-hydrogen) atoms. The van der Waals surface area contributed by atoms with Gasteiger partial charge in [0, 0.05) is 25.0 Å². The highest BCUT2D eigenvalue weighted by molar-refractivity contribution is 6.15. The highest BCUT2D eigenvalue weighted by Gasteiger charge is 2.76. The maximum Gasteiger partial charge on any atom is 0.339 e. The largest absolute Gasteiger partial charge is 0.454 e. The lowest BCUT2D eigenvalue weighted by Gasteiger charge is -2.52. The molecule has 0 aromatic carbocycles. The van der Waals surface area contributed by atoms with Gasteiger partial charge >= 0.3 is 5.97 Å². The average molecular weight is 293 g/mol. The van der Waals surface area contributed by atoms with Gasteiger partial charge in [-0.3, -0.25) is 10.1 Å². The summed E-state index contributed by atoms with van der Waals surface area (Å²) in [6, 6.07) is 0. The Kier molecular flexibility index (Phi) is 3.66. The van der Waals surface area contributed by atoms with Crippen molar-refractivity contribution in [2.75, 3.05) is 13.2 Å². The standard InChI is InChI=1S/C16H23NO4/c1-15-12(8-5-9-18)10-17-16(15,14(20)21-15)13(19)11-6-3-2-4-7-11/h3,6,11-12,17-18H,2,4-5,7-10H2,1H3/t11-,12+,15+,16+/m1/s1. The van der Waals surface area contributed by atoms with Crippen LogP contribution in [-0.4, -0.2) is 41.2 Å². The van der Waals surface area contributed by atoms with Gasteiger partial charge in [-0.05, 0) is 39.0 Å². The number of aliphatic hydroxyl groups is 1. The van der Waals surface area contributed by atoms with Gasteiger partial charge in [-0.25, -0.2) is 4.79 Å². The Hall–Kier alpha value is -1.20. The van der Waals surface area contributed by atoms with Crippen molar-refractivity contribution < 1.29 is 19.4 Å². The molecule has 0 radical (unpaired) electrons. The lowest BCUT2D eigenvalue weighted by molar-refractivity contribution is -0.219. The Bertz CT molecular complexity index is 489. The maximum atomic E-state index is 13.0. The number of allylic oxidation sites excluding steroid dienone is 2. The zero-order chi connectivity index (χ0) is 15.1. The van der Waals surface area contributed by atoms with Crippen LogP contribution in [0.4, 0.5) is 0 Å². The first-order valence-corrected chi connectivity index (χ1v) is 7.86. The first-order chi connectivity index (χ1) is 10.1. The minimum atomic E-state index is -1.17. The van der Waals surface area contributed by atoms with E-state index in [1.807, 2.05) is 19.1 Å². The Labute approximate surface area is 124 Å². The summed E-state index contributed by atoms with van der Waals surface area (Å²) in [4.78, 5) is 25.1. The zero-order valence-corrected chi connectivity index (χ0v) is 12.4. The van der Waals surface area contributed by atoms with E-state index in [1.165, 1.54) is 0 Å². The van der Waals surface area contributed by atoms with Crippen LogP contribution in [0.5, 0.6) is 0 Å². The number of esters is 1. The number of aliphatic hydroxyl groups excluding tert-OH is 1. The molecule has 2 N–H and O–H groups in total. The highest BCUT2D eigenvalue weighted by Crippen LogP contribution is 2.51. The van der Waals surface area contributed by atoms with Gasteiger partial charge in [0.25, 0.3) is 0 Å². The molecule has 0 amide bonds. The van der Waals surface area contributed by atoms with Gasteiger partial charge in [-0.1, -0.05) is 12.2 Å². The molecule has 3 aliphatic rings. The highest BCUT2D eigenvalue weighted by atomic mass is 16.6. The lowest BCUT2D eigenvalue weighted by Crippen LogP contribution is -2.78. The molecule has 0 aromatic heterocycles. The number of fused-ring (bicyclic) bond motifs is 1. The molecule has 0 aromatic rings. The van der Waals surface area contributed by atoms with Crippen LogP contribution >= 0.6 is 0 Å². The van der Waals surface area contributed by atoms with E-state index < -0.39 is 17.1 Å². The average Bonchev–Trinajstić information content (AvgIpc) is 2.73. The number of Topliss-reactive ketones (excluding diaryl/α,β-unsaturated/α-hetero) is 1. The molecular formula is C16H23NO4. The van der Waals surface area contributed by atoms with E-state index in [1.54, 1.807) is 0 Å². The summed E-state index contributed by atoms with van der Waals surface area (Å²) in [7, 11) is 0. The normalized spacial score (nSPS) is 41.3. The molecule has 3 rings (SSSR count). The van der Waals surface area contributed by atoms with E-state index in [0.29, 0.717) is 13.0 Å². The molecule has 0 bridgehead atoms. The summed E-state index contributed by atoms with van der Waals surface area (Å²) < 4.78 is 5.45. The second-order valence-corrected chi connectivity index (χ2v) is 6.52. The van der Waals surface area contributed by atoms with E-state index in [2.05, 4.69) is 5.32 Å². The Morgan fingerprint density at radius 1 is 1.57 bits per heavy atom. The minimum Gasteiger partial charge on any atom is -0.454 e. The second-order valence-electron chi connectivity index (χ2n) is 6.52. The lowest BCUT2D eigenvalue weighted by atomic mass is 9.65. The van der Waals surface area contributed by atoms with Crippen LogP contribution in [0.2, 0.25) is 0 Å². The number of carbonyl (C=O) groups is 2. The third kappa shape index (κ3) is 1.90. The van der Waals surface area contributed by atoms with Crippen molar-refractivity contribution in [1.82, 2.24) is 5.32 Å². The van der Waals surface area contributed by atoms with Crippen molar-refractivity contribution in [3.8, 4) is 0 Å². The minimum absolute atomic E-state index is 0.0382. The summed E-state index contributed by atoms with van der Waals surface area (Å²) in [5.74, 6) is -0.571. The predicted octanol–water partition coefficient (Wildman–Crippen LogP) is 0.958. The maximum absolute atomic E-state index is 13.0. The zero-order valence-electron chi connectivity index (χ0n) is 12.4. The number of ketones is 1. The summed E-state index contributed by atoms with van der Waals surface area (Å²) >= 11 is 0. The Morgan fingerprint density at radius 3 is 3.00 bits per heavy atom. The number of hydrogen-bond acceptors (Lipinski definition) is 5. The van der Waals surface area contributed by atoms with Crippen LogP contribution < -0.4 is 5.32 Å². The quantitative estimate of drug-likeness (QED) is 0.448. The molecule has 116 valence electrons. The molecule has 2 saturated heterocycles. The molecule has 5 nitrogen and oxygen atoms in total. The summed E-state index contributed by atoms with van der Waals surface area (Å²) in [5, 5.41) is 12.2. The van der Waals surface area contributed by atoms with Gasteiger partial charge < -0.3 is 9.84 Å². The number of carbonyl (C=O) groups excluding carboxylic acids is 2. The van der Waals surface area contributed by atoms with Crippen LogP contribution in [0.25, 0.3) is 0 Å². The Balaban J connectivity index is 1.85. The number of rotatable bonds is 5. The smallest absolute Gasteiger partial charge is 0.339 e. The van der Waals surface area contributed by atoms with Crippen molar-refractivity contribution in [2.24, 2.45) is 11.8 Å². The summed E-state index contributed by atoms with van der Waals surface area (Å²) in [6.45, 7) is 2.57. The van der Waals surface area contributed by atoms with Crippen LogP contribution in [0.15, 0.2) is 12.2 Å². The van der Waals surface area contributed by atoms with Crippen molar-refractivity contribution in [3.63, 3.8) is 0 Å². The van der Waals surface area contributed by atoms with Gasteiger partial charge in [-0.2, -0.15) is 0 Å². The fourth-order valence-corrected chi connectivity index (χ4v) is 4.07. The van der Waals surface area contributed by atoms with E-state index in [-0.39, 0.29) is 24.2 Å². The van der Waals surface area contributed by atoms with E-state index in [0.717, 1.165) is 25.7 Å². The van der Waals surface area contributed by atoms with Gasteiger partial charge in [0.15, 0.2) is 5.78 Å². The molecule has 2 heterocycles. The first kappa shape index (κ1) is 14.7.